The normalized spacial score (nSPS) is 13.7. The molecule has 0 saturated carbocycles. The Morgan fingerprint density at radius 3 is 2.85 bits per heavy atom. The van der Waals surface area contributed by atoms with Gasteiger partial charge in [0.25, 0.3) is 5.56 Å². The van der Waals surface area contributed by atoms with Crippen LogP contribution < -0.4 is 15.0 Å². The molecule has 0 fully saturated rings. The van der Waals surface area contributed by atoms with Gasteiger partial charge in [0, 0.05) is 44.3 Å². The summed E-state index contributed by atoms with van der Waals surface area (Å²) in [5, 5.41) is 0.870. The Morgan fingerprint density at radius 2 is 2.00 bits per heavy atom. The minimum Gasteiger partial charge on any atom is -0.493 e. The van der Waals surface area contributed by atoms with Crippen molar-refractivity contribution in [2.75, 3.05) is 13.2 Å². The van der Waals surface area contributed by atoms with Crippen LogP contribution in [0.2, 0.25) is 0 Å². The zero-order chi connectivity index (χ0) is 18.3. The summed E-state index contributed by atoms with van der Waals surface area (Å²) in [5.74, 6) is 0.742. The molecule has 0 bridgehead atoms. The maximum Gasteiger partial charge on any atom is 0.275 e. The van der Waals surface area contributed by atoms with Crippen molar-refractivity contribution in [1.29, 1.82) is 0 Å². The van der Waals surface area contributed by atoms with E-state index in [2.05, 4.69) is 4.72 Å². The number of sulfonamides is 1. The van der Waals surface area contributed by atoms with Crippen molar-refractivity contribution < 1.29 is 13.2 Å². The Balaban J connectivity index is 1.50. The van der Waals surface area contributed by atoms with Crippen molar-refractivity contribution in [2.45, 2.75) is 17.9 Å². The first-order valence-electron chi connectivity index (χ1n) is 8.35. The molecule has 136 valence electrons. The van der Waals surface area contributed by atoms with E-state index in [4.69, 9.17) is 4.74 Å². The molecule has 1 aliphatic heterocycles. The predicted octanol–water partition coefficient (Wildman–Crippen LogP) is 1.25. The number of hydrogen-bond acceptors (Lipinski definition) is 4. The lowest BCUT2D eigenvalue weighted by Gasteiger charge is -2.10. The maximum absolute atomic E-state index is 12.5. The summed E-state index contributed by atoms with van der Waals surface area (Å²) >= 11 is 0. The van der Waals surface area contributed by atoms with E-state index in [1.54, 1.807) is 22.9 Å². The molecule has 3 aromatic rings. The second-order valence-electron chi connectivity index (χ2n) is 6.31. The fourth-order valence-corrected chi connectivity index (χ4v) is 4.29. The second-order valence-corrected chi connectivity index (χ2v) is 8.08. The van der Waals surface area contributed by atoms with Crippen molar-refractivity contribution >= 4 is 20.9 Å². The van der Waals surface area contributed by atoms with Crippen LogP contribution >= 0.6 is 0 Å². The molecule has 0 aliphatic carbocycles. The number of pyridine rings is 1. The van der Waals surface area contributed by atoms with Gasteiger partial charge in [-0.1, -0.05) is 0 Å². The molecular weight excluding hydrogens is 354 g/mol. The molecule has 1 aromatic carbocycles. The highest BCUT2D eigenvalue weighted by atomic mass is 32.2. The number of nitrogens with one attached hydrogen (secondary N) is 1. The molecule has 7 nitrogen and oxygen atoms in total. The quantitative estimate of drug-likeness (QED) is 0.730. The van der Waals surface area contributed by atoms with Crippen LogP contribution in [0.15, 0.2) is 52.4 Å². The van der Waals surface area contributed by atoms with Crippen molar-refractivity contribution in [3.63, 3.8) is 0 Å². The van der Waals surface area contributed by atoms with E-state index in [1.165, 1.54) is 10.6 Å². The molecule has 1 aliphatic rings. The standard InChI is InChI=1S/C18H19N3O4S/c1-20-8-4-13-5-9-21(18(22)17(13)20)10-7-19-26(23,24)15-2-3-16-14(12-15)6-11-25-16/h2-5,8-9,12,19H,6-7,10-11H2,1H3. The predicted molar refractivity (Wildman–Crippen MR) is 98.0 cm³/mol. The smallest absolute Gasteiger partial charge is 0.275 e. The minimum atomic E-state index is -3.63. The minimum absolute atomic E-state index is 0.131. The number of benzene rings is 1. The average molecular weight is 373 g/mol. The summed E-state index contributed by atoms with van der Waals surface area (Å²) in [6.07, 6.45) is 4.23. The molecule has 3 heterocycles. The van der Waals surface area contributed by atoms with E-state index in [0.29, 0.717) is 18.5 Å². The van der Waals surface area contributed by atoms with Gasteiger partial charge >= 0.3 is 0 Å². The molecule has 1 N–H and O–H groups in total. The number of nitrogens with zero attached hydrogens (tertiary/aromatic N) is 2. The Hall–Kier alpha value is -2.58. The Labute approximate surface area is 150 Å². The third-order valence-corrected chi connectivity index (χ3v) is 6.08. The van der Waals surface area contributed by atoms with Crippen LogP contribution in [0.3, 0.4) is 0 Å². The van der Waals surface area contributed by atoms with E-state index in [1.807, 2.05) is 25.4 Å². The summed E-state index contributed by atoms with van der Waals surface area (Å²) in [5.41, 5.74) is 1.37. The molecular formula is C18H19N3O4S. The topological polar surface area (TPSA) is 82.3 Å². The molecule has 26 heavy (non-hydrogen) atoms. The largest absolute Gasteiger partial charge is 0.493 e. The number of fused-ring (bicyclic) bond motifs is 2. The highest BCUT2D eigenvalue weighted by Crippen LogP contribution is 2.27. The van der Waals surface area contributed by atoms with Crippen molar-refractivity contribution in [1.82, 2.24) is 13.9 Å². The SMILES string of the molecule is Cn1ccc2ccn(CCNS(=O)(=O)c3ccc4c(c3)CCO4)c(=O)c21. The molecule has 0 amide bonds. The Kier molecular flexibility index (Phi) is 4.08. The fraction of sp³-hybridized carbons (Fsp3) is 0.278. The number of aromatic nitrogens is 2. The van der Waals surface area contributed by atoms with Gasteiger partial charge in [0.1, 0.15) is 11.3 Å². The van der Waals surface area contributed by atoms with Crippen LogP contribution in [-0.2, 0) is 30.0 Å². The molecule has 0 spiro atoms. The molecule has 0 radical (unpaired) electrons. The van der Waals surface area contributed by atoms with Gasteiger partial charge in [-0.2, -0.15) is 0 Å². The zero-order valence-corrected chi connectivity index (χ0v) is 15.1. The maximum atomic E-state index is 12.5. The molecule has 2 aromatic heterocycles. The van der Waals surface area contributed by atoms with Crippen LogP contribution in [0.25, 0.3) is 10.9 Å². The van der Waals surface area contributed by atoms with E-state index in [0.717, 1.165) is 16.7 Å². The lowest BCUT2D eigenvalue weighted by Crippen LogP contribution is -2.31. The van der Waals surface area contributed by atoms with Crippen LogP contribution in [0.4, 0.5) is 0 Å². The Morgan fingerprint density at radius 1 is 1.19 bits per heavy atom. The summed E-state index contributed by atoms with van der Waals surface area (Å²) < 4.78 is 36.2. The molecule has 0 saturated heterocycles. The Bertz CT molecular complexity index is 1140. The summed E-state index contributed by atoms with van der Waals surface area (Å²) in [6, 6.07) is 8.60. The van der Waals surface area contributed by atoms with Gasteiger partial charge in [0.05, 0.1) is 11.5 Å². The van der Waals surface area contributed by atoms with Crippen LogP contribution in [0.5, 0.6) is 5.75 Å². The zero-order valence-electron chi connectivity index (χ0n) is 14.3. The molecule has 4 rings (SSSR count). The lowest BCUT2D eigenvalue weighted by atomic mass is 10.2. The van der Waals surface area contributed by atoms with Gasteiger partial charge in [-0.05, 0) is 35.9 Å². The summed E-state index contributed by atoms with van der Waals surface area (Å²) in [4.78, 5) is 12.7. The van der Waals surface area contributed by atoms with Crippen molar-refractivity contribution in [3.8, 4) is 5.75 Å². The van der Waals surface area contributed by atoms with Gasteiger partial charge in [-0.3, -0.25) is 4.79 Å². The van der Waals surface area contributed by atoms with E-state index >= 15 is 0 Å². The van der Waals surface area contributed by atoms with E-state index in [-0.39, 0.29) is 23.5 Å². The van der Waals surface area contributed by atoms with Gasteiger partial charge in [0.15, 0.2) is 0 Å². The molecule has 0 atom stereocenters. The van der Waals surface area contributed by atoms with Gasteiger partial charge < -0.3 is 13.9 Å². The van der Waals surface area contributed by atoms with Crippen molar-refractivity contribution in [2.24, 2.45) is 7.05 Å². The number of ether oxygens (including phenoxy) is 1. The highest BCUT2D eigenvalue weighted by Gasteiger charge is 2.19. The fourth-order valence-electron chi connectivity index (χ4n) is 3.22. The first-order chi connectivity index (χ1) is 12.5. The van der Waals surface area contributed by atoms with Gasteiger partial charge in [-0.25, -0.2) is 13.1 Å². The average Bonchev–Trinajstić information content (AvgIpc) is 3.23. The second kappa shape index (κ2) is 6.30. The third kappa shape index (κ3) is 2.91. The van der Waals surface area contributed by atoms with E-state index in [9.17, 15) is 13.2 Å². The van der Waals surface area contributed by atoms with Crippen LogP contribution in [0.1, 0.15) is 5.56 Å². The summed E-state index contributed by atoms with van der Waals surface area (Å²) in [6.45, 7) is 0.968. The summed E-state index contributed by atoms with van der Waals surface area (Å²) in [7, 11) is -1.82. The first-order valence-corrected chi connectivity index (χ1v) is 9.84. The number of aryl methyl sites for hydroxylation is 1. The third-order valence-electron chi connectivity index (χ3n) is 4.62. The molecule has 8 heteroatoms. The first kappa shape index (κ1) is 16.9. The van der Waals surface area contributed by atoms with Crippen molar-refractivity contribution in [3.05, 3.63) is 58.6 Å². The highest BCUT2D eigenvalue weighted by molar-refractivity contribution is 7.89. The lowest BCUT2D eigenvalue weighted by molar-refractivity contribution is 0.356. The molecule has 0 unspecified atom stereocenters. The van der Waals surface area contributed by atoms with Crippen LogP contribution in [0, 0.1) is 0 Å². The number of hydrogen-bond donors (Lipinski definition) is 1. The number of rotatable bonds is 5. The van der Waals surface area contributed by atoms with Gasteiger partial charge in [0.2, 0.25) is 10.0 Å². The van der Waals surface area contributed by atoms with E-state index < -0.39 is 10.0 Å². The van der Waals surface area contributed by atoms with Crippen LogP contribution in [-0.4, -0.2) is 30.7 Å². The van der Waals surface area contributed by atoms with Gasteiger partial charge in [-0.15, -0.1) is 0 Å². The monoisotopic (exact) mass is 373 g/mol.